The number of halogens is 1. The fraction of sp³-hybridized carbons (Fsp3) is 0.188. The third-order valence-electron chi connectivity index (χ3n) is 2.94. The quantitative estimate of drug-likeness (QED) is 0.625. The first-order valence-electron chi connectivity index (χ1n) is 6.14. The van der Waals surface area contributed by atoms with Crippen LogP contribution in [0.4, 0.5) is 9.18 Å². The molecule has 1 amide bonds. The predicted octanol–water partition coefficient (Wildman–Crippen LogP) is 3.74. The zero-order valence-electron chi connectivity index (χ0n) is 11.9. The number of hydrogen-bond donors (Lipinski definition) is 0. The summed E-state index contributed by atoms with van der Waals surface area (Å²) in [6.45, 7) is 0. The largest absolute Gasteiger partial charge is 0.414 e. The van der Waals surface area contributed by atoms with E-state index in [1.165, 1.54) is 22.7 Å². The fourth-order valence-corrected chi connectivity index (χ4v) is 2.59. The number of amides is 1. The van der Waals surface area contributed by atoms with Crippen LogP contribution in [0.1, 0.15) is 5.56 Å². The van der Waals surface area contributed by atoms with Crippen molar-refractivity contribution in [3.63, 3.8) is 0 Å². The highest BCUT2D eigenvalue weighted by atomic mass is 32.2. The van der Waals surface area contributed by atoms with Crippen LogP contribution in [0.25, 0.3) is 10.8 Å². The number of thioether (sulfide) groups is 1. The molecule has 0 spiro atoms. The van der Waals surface area contributed by atoms with Crippen LogP contribution in [0.15, 0.2) is 29.2 Å². The maximum atomic E-state index is 13.8. The number of hydrogen-bond acceptors (Lipinski definition) is 3. The van der Waals surface area contributed by atoms with Gasteiger partial charge in [0, 0.05) is 24.4 Å². The van der Waals surface area contributed by atoms with Crippen LogP contribution in [0.5, 0.6) is 5.75 Å². The molecule has 2 aromatic rings. The number of nitrogens with zero attached hydrogens (tertiary/aromatic N) is 1. The van der Waals surface area contributed by atoms with E-state index in [0.717, 1.165) is 10.3 Å². The molecule has 0 N–H and O–H groups in total. The van der Waals surface area contributed by atoms with E-state index in [0.29, 0.717) is 11.1 Å². The molecule has 0 bridgehead atoms. The summed E-state index contributed by atoms with van der Waals surface area (Å²) in [5.74, 6) is 2.36. The topological polar surface area (TPSA) is 29.5 Å². The molecule has 108 valence electrons. The summed E-state index contributed by atoms with van der Waals surface area (Å²) >= 11 is 1.42. The Hall–Kier alpha value is -2.19. The molecule has 0 heterocycles. The molecule has 0 saturated carbocycles. The summed E-state index contributed by atoms with van der Waals surface area (Å²) in [7, 11) is 3.20. The Bertz CT molecular complexity index is 750. The number of fused-ring (bicyclic) bond motifs is 1. The van der Waals surface area contributed by atoms with E-state index >= 15 is 0 Å². The molecule has 2 aromatic carbocycles. The van der Waals surface area contributed by atoms with Gasteiger partial charge in [0.25, 0.3) is 0 Å². The van der Waals surface area contributed by atoms with Gasteiger partial charge in [0.1, 0.15) is 11.6 Å². The molecule has 0 aliphatic heterocycles. The van der Waals surface area contributed by atoms with E-state index in [9.17, 15) is 9.18 Å². The Labute approximate surface area is 127 Å². The Kier molecular flexibility index (Phi) is 4.39. The van der Waals surface area contributed by atoms with Crippen LogP contribution in [0, 0.1) is 18.2 Å². The molecule has 0 aromatic heterocycles. The second-order valence-corrected chi connectivity index (χ2v) is 5.40. The minimum Gasteiger partial charge on any atom is -0.410 e. The highest BCUT2D eigenvalue weighted by Gasteiger charge is 2.14. The lowest BCUT2D eigenvalue weighted by Gasteiger charge is -2.13. The van der Waals surface area contributed by atoms with Gasteiger partial charge in [-0.3, -0.25) is 0 Å². The molecule has 0 aliphatic rings. The number of carbonyl (C=O) groups is 1. The van der Waals surface area contributed by atoms with Gasteiger partial charge in [-0.25, -0.2) is 9.18 Å². The minimum atomic E-state index is -0.472. The van der Waals surface area contributed by atoms with Gasteiger partial charge in [0.15, 0.2) is 0 Å². The van der Waals surface area contributed by atoms with Gasteiger partial charge in [-0.2, -0.15) is 0 Å². The summed E-state index contributed by atoms with van der Waals surface area (Å²) in [5, 5.41) is 1.40. The second kappa shape index (κ2) is 6.06. The first-order valence-corrected chi connectivity index (χ1v) is 7.36. The van der Waals surface area contributed by atoms with Crippen LogP contribution in [0.2, 0.25) is 0 Å². The van der Waals surface area contributed by atoms with Gasteiger partial charge in [-0.05, 0) is 29.8 Å². The van der Waals surface area contributed by atoms with Crippen molar-refractivity contribution in [3.05, 3.63) is 35.6 Å². The van der Waals surface area contributed by atoms with E-state index in [2.05, 4.69) is 5.92 Å². The van der Waals surface area contributed by atoms with Crippen LogP contribution in [0.3, 0.4) is 0 Å². The summed E-state index contributed by atoms with van der Waals surface area (Å²) < 4.78 is 19.1. The highest BCUT2D eigenvalue weighted by Crippen LogP contribution is 2.34. The van der Waals surface area contributed by atoms with Gasteiger partial charge >= 0.3 is 6.09 Å². The number of benzene rings is 2. The first kappa shape index (κ1) is 15.2. The summed E-state index contributed by atoms with van der Waals surface area (Å²) in [5.41, 5.74) is 0.224. The van der Waals surface area contributed by atoms with E-state index < -0.39 is 11.9 Å². The Balaban J connectivity index is 2.63. The number of terminal acetylenes is 1. The molecule has 0 saturated heterocycles. The lowest BCUT2D eigenvalue weighted by molar-refractivity contribution is 0.172. The van der Waals surface area contributed by atoms with Crippen LogP contribution >= 0.6 is 11.8 Å². The molecule has 5 heteroatoms. The molecule has 0 aliphatic carbocycles. The van der Waals surface area contributed by atoms with Gasteiger partial charge in [-0.1, -0.05) is 12.0 Å². The van der Waals surface area contributed by atoms with Crippen molar-refractivity contribution >= 4 is 28.6 Å². The standard InChI is InChI=1S/C16H14FNO2S/c1-5-12-13(17)7-6-10-8-11(20-16(19)18(2)3)9-14(21-4)15(10)12/h1,6-9H,2-4H3. The molecular formula is C16H14FNO2S. The zero-order chi connectivity index (χ0) is 15.6. The smallest absolute Gasteiger partial charge is 0.410 e. The Morgan fingerprint density at radius 2 is 2.10 bits per heavy atom. The lowest BCUT2D eigenvalue weighted by Crippen LogP contribution is -2.25. The highest BCUT2D eigenvalue weighted by molar-refractivity contribution is 7.98. The number of rotatable bonds is 2. The fourth-order valence-electron chi connectivity index (χ4n) is 1.93. The van der Waals surface area contributed by atoms with Gasteiger partial charge < -0.3 is 9.64 Å². The van der Waals surface area contributed by atoms with E-state index in [-0.39, 0.29) is 5.56 Å². The molecule has 2 rings (SSSR count). The van der Waals surface area contributed by atoms with E-state index in [1.807, 2.05) is 6.26 Å². The van der Waals surface area contributed by atoms with Crippen molar-refractivity contribution in [3.8, 4) is 18.1 Å². The minimum absolute atomic E-state index is 0.224. The molecule has 0 fully saturated rings. The SMILES string of the molecule is C#Cc1c(F)ccc2cc(OC(=O)N(C)C)cc(SC)c12. The third-order valence-corrected chi connectivity index (χ3v) is 3.70. The number of ether oxygens (including phenoxy) is 1. The summed E-state index contributed by atoms with van der Waals surface area (Å²) in [6.07, 6.45) is 6.79. The van der Waals surface area contributed by atoms with Crippen molar-refractivity contribution in [2.24, 2.45) is 0 Å². The molecule has 21 heavy (non-hydrogen) atoms. The van der Waals surface area contributed by atoms with Crippen LogP contribution < -0.4 is 4.74 Å². The van der Waals surface area contributed by atoms with Crippen molar-refractivity contribution in [1.29, 1.82) is 0 Å². The van der Waals surface area contributed by atoms with Crippen LogP contribution in [-0.2, 0) is 0 Å². The average molecular weight is 303 g/mol. The third kappa shape index (κ3) is 2.96. The van der Waals surface area contributed by atoms with Gasteiger partial charge in [0.05, 0.1) is 5.56 Å². The predicted molar refractivity (Wildman–Crippen MR) is 83.3 cm³/mol. The number of carbonyl (C=O) groups excluding carboxylic acids is 1. The first-order chi connectivity index (χ1) is 9.97. The second-order valence-electron chi connectivity index (χ2n) is 4.55. The van der Waals surface area contributed by atoms with Gasteiger partial charge in [-0.15, -0.1) is 18.2 Å². The zero-order valence-corrected chi connectivity index (χ0v) is 12.8. The summed E-state index contributed by atoms with van der Waals surface area (Å²) in [4.78, 5) is 13.7. The lowest BCUT2D eigenvalue weighted by atomic mass is 10.0. The molecule has 0 unspecified atom stereocenters. The van der Waals surface area contributed by atoms with Crippen molar-refractivity contribution in [2.75, 3.05) is 20.4 Å². The van der Waals surface area contributed by atoms with Gasteiger partial charge in [0.2, 0.25) is 0 Å². The van der Waals surface area contributed by atoms with Crippen molar-refractivity contribution in [2.45, 2.75) is 4.90 Å². The molecule has 0 radical (unpaired) electrons. The van der Waals surface area contributed by atoms with Crippen molar-refractivity contribution < 1.29 is 13.9 Å². The van der Waals surface area contributed by atoms with Crippen LogP contribution in [-0.4, -0.2) is 31.3 Å². The Morgan fingerprint density at radius 1 is 1.38 bits per heavy atom. The monoisotopic (exact) mass is 303 g/mol. The maximum absolute atomic E-state index is 13.8. The Morgan fingerprint density at radius 3 is 2.67 bits per heavy atom. The normalized spacial score (nSPS) is 10.2. The molecule has 3 nitrogen and oxygen atoms in total. The summed E-state index contributed by atoms with van der Waals surface area (Å²) in [6, 6.07) is 6.31. The molecular weight excluding hydrogens is 289 g/mol. The van der Waals surface area contributed by atoms with E-state index in [4.69, 9.17) is 11.2 Å². The van der Waals surface area contributed by atoms with Crippen molar-refractivity contribution in [1.82, 2.24) is 4.90 Å². The maximum Gasteiger partial charge on any atom is 0.414 e. The average Bonchev–Trinajstić information content (AvgIpc) is 2.46. The molecule has 0 atom stereocenters. The van der Waals surface area contributed by atoms with E-state index in [1.54, 1.807) is 32.3 Å².